The Balaban J connectivity index is 2.48. The molecule has 0 aromatic heterocycles. The highest BCUT2D eigenvalue weighted by Gasteiger charge is 2.04. The Kier molecular flexibility index (Phi) is 6.49. The average Bonchev–Trinajstić information content (AvgIpc) is 2.42. The molecule has 0 amide bonds. The van der Waals surface area contributed by atoms with Gasteiger partial charge in [0, 0.05) is 0 Å². The van der Waals surface area contributed by atoms with Crippen LogP contribution in [-0.4, -0.2) is 0 Å². The first-order chi connectivity index (χ1) is 8.65. The van der Waals surface area contributed by atoms with Gasteiger partial charge in [-0.05, 0) is 36.3 Å². The summed E-state index contributed by atoms with van der Waals surface area (Å²) in [7, 11) is 0. The fraction of sp³-hybridized carbons (Fsp3) is 0.444. The minimum Gasteiger partial charge on any atom is -0.0956 e. The molecule has 1 atom stereocenters. The summed E-state index contributed by atoms with van der Waals surface area (Å²) in [4.78, 5) is 0. The van der Waals surface area contributed by atoms with Crippen molar-refractivity contribution >= 4 is 0 Å². The van der Waals surface area contributed by atoms with Gasteiger partial charge in [0.25, 0.3) is 0 Å². The molecule has 0 nitrogen and oxygen atoms in total. The first-order valence-corrected chi connectivity index (χ1v) is 7.07. The van der Waals surface area contributed by atoms with Crippen LogP contribution in [0.5, 0.6) is 0 Å². The second-order valence-corrected chi connectivity index (χ2v) is 5.14. The van der Waals surface area contributed by atoms with Crippen LogP contribution in [0.2, 0.25) is 0 Å². The number of hydrogen-bond donors (Lipinski definition) is 0. The smallest absolute Gasteiger partial charge is 0.0196 e. The maximum absolute atomic E-state index is 4.16. The Morgan fingerprint density at radius 2 is 2.17 bits per heavy atom. The van der Waals surface area contributed by atoms with Gasteiger partial charge in [-0.15, -0.1) is 0 Å². The van der Waals surface area contributed by atoms with E-state index in [0.717, 1.165) is 18.4 Å². The summed E-state index contributed by atoms with van der Waals surface area (Å²) in [6, 6.07) is 0. The number of hydrogen-bond acceptors (Lipinski definition) is 0. The van der Waals surface area contributed by atoms with Crippen LogP contribution in [0.25, 0.3) is 0 Å². The van der Waals surface area contributed by atoms with E-state index in [-0.39, 0.29) is 0 Å². The van der Waals surface area contributed by atoms with Crippen LogP contribution in [0.15, 0.2) is 60.3 Å². The van der Waals surface area contributed by atoms with Gasteiger partial charge in [-0.2, -0.15) is 0 Å². The van der Waals surface area contributed by atoms with Crippen molar-refractivity contribution in [2.45, 2.75) is 46.0 Å². The third-order valence-corrected chi connectivity index (χ3v) is 3.55. The molecule has 0 aromatic carbocycles. The molecule has 0 spiro atoms. The Bertz CT molecular complexity index is 377. The van der Waals surface area contributed by atoms with Crippen molar-refractivity contribution in [3.05, 3.63) is 60.3 Å². The van der Waals surface area contributed by atoms with E-state index in [1.807, 2.05) is 0 Å². The van der Waals surface area contributed by atoms with E-state index in [9.17, 15) is 0 Å². The second kappa shape index (κ2) is 7.92. The van der Waals surface area contributed by atoms with Crippen molar-refractivity contribution in [1.29, 1.82) is 0 Å². The van der Waals surface area contributed by atoms with Gasteiger partial charge < -0.3 is 0 Å². The molecule has 1 unspecified atom stereocenters. The van der Waals surface area contributed by atoms with Crippen molar-refractivity contribution in [3.8, 4) is 0 Å². The third-order valence-electron chi connectivity index (χ3n) is 3.55. The highest BCUT2D eigenvalue weighted by Crippen LogP contribution is 2.22. The van der Waals surface area contributed by atoms with Crippen molar-refractivity contribution in [3.63, 3.8) is 0 Å². The molecule has 0 bridgehead atoms. The summed E-state index contributed by atoms with van der Waals surface area (Å²) in [6.07, 6.45) is 16.8. The largest absolute Gasteiger partial charge is 0.0956 e. The van der Waals surface area contributed by atoms with E-state index in [2.05, 4.69) is 57.4 Å². The van der Waals surface area contributed by atoms with Gasteiger partial charge in [-0.1, -0.05) is 75.8 Å². The molecular weight excluding hydrogens is 216 g/mol. The SMILES string of the molecule is C=C(/C=C\C(=C)C(C)CCCC)C1=CC=CCC1. The van der Waals surface area contributed by atoms with E-state index >= 15 is 0 Å². The lowest BCUT2D eigenvalue weighted by atomic mass is 9.94. The lowest BCUT2D eigenvalue weighted by Crippen LogP contribution is -1.96. The van der Waals surface area contributed by atoms with Gasteiger partial charge in [0.15, 0.2) is 0 Å². The summed E-state index contributed by atoms with van der Waals surface area (Å²) in [5.41, 5.74) is 3.70. The maximum Gasteiger partial charge on any atom is -0.0196 e. The standard InChI is InChI=1S/C18H26/c1-5-6-10-15(2)16(3)13-14-17(4)18-11-8-7-9-12-18/h7-8,11,13-15H,3-6,9-10,12H2,1-2H3/b14-13-. The number of rotatable bonds is 7. The van der Waals surface area contributed by atoms with Gasteiger partial charge in [0.05, 0.1) is 0 Å². The van der Waals surface area contributed by atoms with Crippen LogP contribution in [0, 0.1) is 5.92 Å². The summed E-state index contributed by atoms with van der Waals surface area (Å²) in [6.45, 7) is 12.8. The van der Waals surface area contributed by atoms with Gasteiger partial charge in [0.1, 0.15) is 0 Å². The Morgan fingerprint density at radius 1 is 1.39 bits per heavy atom. The van der Waals surface area contributed by atoms with Gasteiger partial charge in [-0.25, -0.2) is 0 Å². The molecule has 0 radical (unpaired) electrons. The molecule has 0 saturated heterocycles. The predicted molar refractivity (Wildman–Crippen MR) is 82.6 cm³/mol. The second-order valence-electron chi connectivity index (χ2n) is 5.14. The molecule has 0 aliphatic heterocycles. The predicted octanol–water partition coefficient (Wildman–Crippen LogP) is 5.76. The van der Waals surface area contributed by atoms with Crippen molar-refractivity contribution in [1.82, 2.24) is 0 Å². The monoisotopic (exact) mass is 242 g/mol. The maximum atomic E-state index is 4.16. The zero-order chi connectivity index (χ0) is 13.4. The third kappa shape index (κ3) is 4.91. The topological polar surface area (TPSA) is 0 Å². The molecule has 1 rings (SSSR count). The zero-order valence-electron chi connectivity index (χ0n) is 11.9. The lowest BCUT2D eigenvalue weighted by molar-refractivity contribution is 0.582. The highest BCUT2D eigenvalue weighted by atomic mass is 14.1. The van der Waals surface area contributed by atoms with Crippen molar-refractivity contribution in [2.24, 2.45) is 5.92 Å². The Morgan fingerprint density at radius 3 is 2.78 bits per heavy atom. The quantitative estimate of drug-likeness (QED) is 0.498. The van der Waals surface area contributed by atoms with E-state index in [1.165, 1.54) is 30.4 Å². The first-order valence-electron chi connectivity index (χ1n) is 7.07. The highest BCUT2D eigenvalue weighted by molar-refractivity contribution is 5.42. The minimum absolute atomic E-state index is 0.578. The summed E-state index contributed by atoms with van der Waals surface area (Å²) in [5, 5.41) is 0. The molecule has 0 heteroatoms. The molecule has 1 aliphatic carbocycles. The van der Waals surface area contributed by atoms with E-state index < -0.39 is 0 Å². The van der Waals surface area contributed by atoms with Crippen LogP contribution in [0.1, 0.15) is 46.0 Å². The van der Waals surface area contributed by atoms with Crippen molar-refractivity contribution < 1.29 is 0 Å². The van der Waals surface area contributed by atoms with Crippen LogP contribution in [0.3, 0.4) is 0 Å². The molecule has 0 saturated carbocycles. The Labute approximate surface area is 112 Å². The summed E-state index contributed by atoms with van der Waals surface area (Å²) < 4.78 is 0. The summed E-state index contributed by atoms with van der Waals surface area (Å²) in [5.74, 6) is 0.578. The van der Waals surface area contributed by atoms with Crippen LogP contribution >= 0.6 is 0 Å². The fourth-order valence-electron chi connectivity index (χ4n) is 2.04. The van der Waals surface area contributed by atoms with Crippen LogP contribution < -0.4 is 0 Å². The molecule has 0 aromatic rings. The van der Waals surface area contributed by atoms with Crippen LogP contribution in [0.4, 0.5) is 0 Å². The summed E-state index contributed by atoms with van der Waals surface area (Å²) >= 11 is 0. The van der Waals surface area contributed by atoms with Gasteiger partial charge in [-0.3, -0.25) is 0 Å². The van der Waals surface area contributed by atoms with E-state index in [1.54, 1.807) is 0 Å². The van der Waals surface area contributed by atoms with E-state index in [4.69, 9.17) is 0 Å². The molecule has 0 heterocycles. The van der Waals surface area contributed by atoms with E-state index in [0.29, 0.717) is 5.92 Å². The number of allylic oxidation sites excluding steroid dienone is 8. The van der Waals surface area contributed by atoms with Crippen molar-refractivity contribution in [2.75, 3.05) is 0 Å². The Hall–Kier alpha value is -1.30. The average molecular weight is 242 g/mol. The van der Waals surface area contributed by atoms with Crippen LogP contribution in [-0.2, 0) is 0 Å². The molecule has 1 aliphatic rings. The molecular formula is C18H26. The van der Waals surface area contributed by atoms with Gasteiger partial charge >= 0.3 is 0 Å². The minimum atomic E-state index is 0.578. The number of unbranched alkanes of at least 4 members (excludes halogenated alkanes) is 1. The fourth-order valence-corrected chi connectivity index (χ4v) is 2.04. The molecule has 0 N–H and O–H groups in total. The lowest BCUT2D eigenvalue weighted by Gasteiger charge is -2.12. The molecule has 18 heavy (non-hydrogen) atoms. The molecule has 98 valence electrons. The normalized spacial score (nSPS) is 16.7. The molecule has 0 fully saturated rings. The first kappa shape index (κ1) is 14.8. The van der Waals surface area contributed by atoms with Gasteiger partial charge in [0.2, 0.25) is 0 Å². The zero-order valence-corrected chi connectivity index (χ0v) is 11.9.